The molecule has 21 heavy (non-hydrogen) atoms. The highest BCUT2D eigenvalue weighted by atomic mass is 16.2. The van der Waals surface area contributed by atoms with E-state index in [0.29, 0.717) is 13.1 Å². The Hall–Kier alpha value is -1.39. The summed E-state index contributed by atoms with van der Waals surface area (Å²) in [5, 5.41) is 0. The number of carbonyl (C=O) groups is 1. The first-order valence-corrected chi connectivity index (χ1v) is 7.80. The van der Waals surface area contributed by atoms with E-state index in [1.807, 2.05) is 23.1 Å². The molecule has 4 nitrogen and oxygen atoms in total. The van der Waals surface area contributed by atoms with Gasteiger partial charge < -0.3 is 9.80 Å². The minimum Gasteiger partial charge on any atom is -0.335 e. The Labute approximate surface area is 128 Å². The number of piperazine rings is 1. The molecule has 2 rings (SSSR count). The molecule has 1 aromatic carbocycles. The van der Waals surface area contributed by atoms with E-state index in [9.17, 15) is 4.79 Å². The van der Waals surface area contributed by atoms with Gasteiger partial charge in [0, 0.05) is 38.8 Å². The molecule has 1 fully saturated rings. The van der Waals surface area contributed by atoms with Gasteiger partial charge in [-0.15, -0.1) is 0 Å². The minimum absolute atomic E-state index is 0.227. The third-order valence-electron chi connectivity index (χ3n) is 4.09. The average molecular weight is 289 g/mol. The molecule has 0 aromatic heterocycles. The van der Waals surface area contributed by atoms with Gasteiger partial charge in [-0.25, -0.2) is 0 Å². The fourth-order valence-corrected chi connectivity index (χ4v) is 2.63. The van der Waals surface area contributed by atoms with Gasteiger partial charge in [0.05, 0.1) is 6.54 Å². The Morgan fingerprint density at radius 1 is 1.14 bits per heavy atom. The topological polar surface area (TPSA) is 26.8 Å². The van der Waals surface area contributed by atoms with Crippen molar-refractivity contribution in [3.05, 3.63) is 35.9 Å². The summed E-state index contributed by atoms with van der Waals surface area (Å²) in [6, 6.07) is 10.5. The Morgan fingerprint density at radius 2 is 1.76 bits per heavy atom. The lowest BCUT2D eigenvalue weighted by atomic mass is 10.2. The average Bonchev–Trinajstić information content (AvgIpc) is 2.48. The van der Waals surface area contributed by atoms with Crippen LogP contribution in [0.1, 0.15) is 19.4 Å². The van der Waals surface area contributed by atoms with E-state index in [2.05, 4.69) is 42.8 Å². The summed E-state index contributed by atoms with van der Waals surface area (Å²) in [4.78, 5) is 19.2. The molecule has 0 radical (unpaired) electrons. The second kappa shape index (κ2) is 7.57. The van der Waals surface area contributed by atoms with Crippen molar-refractivity contribution in [2.75, 3.05) is 39.8 Å². The van der Waals surface area contributed by atoms with Crippen molar-refractivity contribution in [3.8, 4) is 0 Å². The summed E-state index contributed by atoms with van der Waals surface area (Å²) in [5.41, 5.74) is 1.19. The zero-order valence-corrected chi connectivity index (χ0v) is 13.5. The second-order valence-electron chi connectivity index (χ2n) is 6.18. The minimum atomic E-state index is 0.227. The van der Waals surface area contributed by atoms with Crippen LogP contribution in [0.3, 0.4) is 0 Å². The van der Waals surface area contributed by atoms with E-state index >= 15 is 0 Å². The third-order valence-corrected chi connectivity index (χ3v) is 4.09. The van der Waals surface area contributed by atoms with Crippen molar-refractivity contribution < 1.29 is 4.79 Å². The first-order valence-electron chi connectivity index (χ1n) is 7.80. The van der Waals surface area contributed by atoms with Crippen molar-refractivity contribution in [3.63, 3.8) is 0 Å². The summed E-state index contributed by atoms with van der Waals surface area (Å²) in [7, 11) is 2.13. The number of rotatable bonds is 5. The summed E-state index contributed by atoms with van der Waals surface area (Å²) >= 11 is 0. The number of amides is 1. The summed E-state index contributed by atoms with van der Waals surface area (Å²) in [5.74, 6) is 0.235. The predicted molar refractivity (Wildman–Crippen MR) is 86.1 cm³/mol. The summed E-state index contributed by atoms with van der Waals surface area (Å²) in [6.45, 7) is 9.49. The van der Waals surface area contributed by atoms with Crippen molar-refractivity contribution >= 4 is 5.91 Å². The molecule has 0 spiro atoms. The molecule has 0 aliphatic carbocycles. The van der Waals surface area contributed by atoms with E-state index in [0.717, 1.165) is 26.2 Å². The quantitative estimate of drug-likeness (QED) is 0.825. The fourth-order valence-electron chi connectivity index (χ4n) is 2.63. The van der Waals surface area contributed by atoms with Crippen LogP contribution in [0.5, 0.6) is 0 Å². The smallest absolute Gasteiger partial charge is 0.237 e. The maximum Gasteiger partial charge on any atom is 0.237 e. The van der Waals surface area contributed by atoms with E-state index in [-0.39, 0.29) is 11.9 Å². The first-order chi connectivity index (χ1) is 10.1. The highest BCUT2D eigenvalue weighted by Crippen LogP contribution is 2.10. The molecular formula is C17H27N3O. The molecule has 1 aliphatic heterocycles. The molecule has 0 N–H and O–H groups in total. The fraction of sp³-hybridized carbons (Fsp3) is 0.588. The largest absolute Gasteiger partial charge is 0.335 e. The number of nitrogens with zero attached hydrogens (tertiary/aromatic N) is 3. The van der Waals surface area contributed by atoms with Gasteiger partial charge >= 0.3 is 0 Å². The lowest BCUT2D eigenvalue weighted by Gasteiger charge is -2.34. The van der Waals surface area contributed by atoms with Gasteiger partial charge in [-0.2, -0.15) is 0 Å². The molecule has 1 aromatic rings. The molecule has 0 bridgehead atoms. The van der Waals surface area contributed by atoms with Crippen molar-refractivity contribution in [2.24, 2.45) is 0 Å². The normalized spacial score (nSPS) is 17.1. The molecule has 1 heterocycles. The number of carbonyl (C=O) groups excluding carboxylic acids is 1. The number of likely N-dealkylation sites (N-methyl/N-ethyl adjacent to an activating group) is 1. The lowest BCUT2D eigenvalue weighted by Crippen LogP contribution is -2.49. The van der Waals surface area contributed by atoms with Gasteiger partial charge in [-0.1, -0.05) is 30.3 Å². The molecular weight excluding hydrogens is 262 g/mol. The van der Waals surface area contributed by atoms with Gasteiger partial charge in [0.2, 0.25) is 5.91 Å². The Balaban J connectivity index is 1.93. The van der Waals surface area contributed by atoms with Gasteiger partial charge in [-0.05, 0) is 26.5 Å². The molecule has 4 heteroatoms. The number of hydrogen-bond acceptors (Lipinski definition) is 3. The Bertz CT molecular complexity index is 439. The standard InChI is InChI=1S/C17H27N3O/c1-15(2)20(13-16-7-5-4-6-8-16)17(21)14-19-11-9-18(3)10-12-19/h4-8,15H,9-14H2,1-3H3. The predicted octanol–water partition coefficient (Wildman–Crippen LogP) is 1.67. The molecule has 116 valence electrons. The summed E-state index contributed by atoms with van der Waals surface area (Å²) in [6.07, 6.45) is 0. The zero-order chi connectivity index (χ0) is 15.2. The van der Waals surface area contributed by atoms with Crippen LogP contribution in [0.15, 0.2) is 30.3 Å². The number of hydrogen-bond donors (Lipinski definition) is 0. The molecule has 0 unspecified atom stereocenters. The summed E-state index contributed by atoms with van der Waals surface area (Å²) < 4.78 is 0. The van der Waals surface area contributed by atoms with Crippen LogP contribution >= 0.6 is 0 Å². The van der Waals surface area contributed by atoms with Crippen LogP contribution in [0.4, 0.5) is 0 Å². The van der Waals surface area contributed by atoms with E-state index in [4.69, 9.17) is 0 Å². The van der Waals surface area contributed by atoms with Crippen LogP contribution in [0.2, 0.25) is 0 Å². The SMILES string of the molecule is CC(C)N(Cc1ccccc1)C(=O)CN1CCN(C)CC1. The van der Waals surface area contributed by atoms with E-state index in [1.165, 1.54) is 5.56 Å². The molecule has 1 amide bonds. The second-order valence-corrected chi connectivity index (χ2v) is 6.18. The Morgan fingerprint density at radius 3 is 2.33 bits per heavy atom. The van der Waals surface area contributed by atoms with Crippen molar-refractivity contribution in [1.29, 1.82) is 0 Å². The zero-order valence-electron chi connectivity index (χ0n) is 13.5. The lowest BCUT2D eigenvalue weighted by molar-refractivity contribution is -0.135. The van der Waals surface area contributed by atoms with Crippen molar-refractivity contribution in [1.82, 2.24) is 14.7 Å². The highest BCUT2D eigenvalue weighted by molar-refractivity contribution is 5.78. The van der Waals surface area contributed by atoms with Crippen LogP contribution in [0.25, 0.3) is 0 Å². The highest BCUT2D eigenvalue weighted by Gasteiger charge is 2.22. The van der Waals surface area contributed by atoms with Crippen LogP contribution < -0.4 is 0 Å². The van der Waals surface area contributed by atoms with Gasteiger partial charge in [0.25, 0.3) is 0 Å². The van der Waals surface area contributed by atoms with Gasteiger partial charge in [0.1, 0.15) is 0 Å². The van der Waals surface area contributed by atoms with Crippen LogP contribution in [0, 0.1) is 0 Å². The Kier molecular flexibility index (Phi) is 5.76. The maximum atomic E-state index is 12.6. The first kappa shape index (κ1) is 16.0. The van der Waals surface area contributed by atoms with Gasteiger partial charge in [-0.3, -0.25) is 9.69 Å². The third kappa shape index (κ3) is 4.83. The monoisotopic (exact) mass is 289 g/mol. The van der Waals surface area contributed by atoms with E-state index < -0.39 is 0 Å². The molecule has 0 saturated carbocycles. The van der Waals surface area contributed by atoms with Crippen LogP contribution in [-0.4, -0.2) is 66.4 Å². The molecule has 1 saturated heterocycles. The molecule has 1 aliphatic rings. The van der Waals surface area contributed by atoms with Crippen molar-refractivity contribution in [2.45, 2.75) is 26.4 Å². The van der Waals surface area contributed by atoms with E-state index in [1.54, 1.807) is 0 Å². The molecule has 0 atom stereocenters. The maximum absolute atomic E-state index is 12.6. The number of benzene rings is 1. The van der Waals surface area contributed by atoms with Crippen LogP contribution in [-0.2, 0) is 11.3 Å². The van der Waals surface area contributed by atoms with Gasteiger partial charge in [0.15, 0.2) is 0 Å².